The van der Waals surface area contributed by atoms with Crippen LogP contribution in [0.15, 0.2) is 65.2 Å². The van der Waals surface area contributed by atoms with Crippen molar-refractivity contribution in [2.45, 2.75) is 26.3 Å². The first-order chi connectivity index (χ1) is 13.6. The van der Waals surface area contributed by atoms with Crippen molar-refractivity contribution in [3.05, 3.63) is 77.2 Å². The van der Waals surface area contributed by atoms with Crippen LogP contribution in [0.3, 0.4) is 0 Å². The van der Waals surface area contributed by atoms with Gasteiger partial charge >= 0.3 is 0 Å². The monoisotopic (exact) mass is 387 g/mol. The zero-order valence-electron chi connectivity index (χ0n) is 15.9. The van der Waals surface area contributed by atoms with Crippen LogP contribution in [0.5, 0.6) is 0 Å². The third-order valence-corrected chi connectivity index (χ3v) is 5.97. The molecule has 1 aliphatic heterocycles. The predicted molar refractivity (Wildman–Crippen MR) is 113 cm³/mol. The third kappa shape index (κ3) is 3.78. The van der Waals surface area contributed by atoms with E-state index in [9.17, 15) is 0 Å². The van der Waals surface area contributed by atoms with Crippen LogP contribution < -0.4 is 0 Å². The minimum Gasteiger partial charge on any atom is -0.441 e. The van der Waals surface area contributed by atoms with Gasteiger partial charge in [-0.05, 0) is 56.0 Å². The molecule has 5 heteroatoms. The van der Waals surface area contributed by atoms with Crippen LogP contribution in [0.1, 0.15) is 23.3 Å². The fourth-order valence-electron chi connectivity index (χ4n) is 3.26. The molecule has 3 heterocycles. The largest absolute Gasteiger partial charge is 0.441 e. The molecule has 2 aromatic heterocycles. The smallest absolute Gasteiger partial charge is 0.226 e. The number of rotatable bonds is 5. The lowest BCUT2D eigenvalue weighted by atomic mass is 10.1. The third-order valence-electron chi connectivity index (χ3n) is 4.93. The maximum absolute atomic E-state index is 8.99. The standard InChI is InChI=1S/C23H21N3OS/c1-16-5-3-4-13-26(16)14-12-21-17(2)27-23(25-21)19-8-6-18(7-9-19)22-11-10-20(15-24)28-22/h3-11,13,16H,12,14H2,1-2H3/t16-/m1/s1. The molecule has 1 aromatic carbocycles. The number of nitrogens with zero attached hydrogens (tertiary/aromatic N) is 3. The van der Waals surface area contributed by atoms with E-state index in [4.69, 9.17) is 14.7 Å². The van der Waals surface area contributed by atoms with Crippen LogP contribution in [0.2, 0.25) is 0 Å². The van der Waals surface area contributed by atoms with Crippen molar-refractivity contribution in [3.8, 4) is 28.0 Å². The molecule has 0 fully saturated rings. The Hall–Kier alpha value is -3.10. The lowest BCUT2D eigenvalue weighted by Crippen LogP contribution is -2.29. The molecule has 4 nitrogen and oxygen atoms in total. The molecular weight excluding hydrogens is 366 g/mol. The highest BCUT2D eigenvalue weighted by atomic mass is 32.1. The SMILES string of the molecule is Cc1oc(-c2ccc(-c3ccc(C#N)s3)cc2)nc1CCN1C=CC=C[C@H]1C. The highest BCUT2D eigenvalue weighted by molar-refractivity contribution is 7.16. The summed E-state index contributed by atoms with van der Waals surface area (Å²) in [4.78, 5) is 8.85. The topological polar surface area (TPSA) is 53.1 Å². The Bertz CT molecular complexity index is 1070. The molecule has 0 unspecified atom stereocenters. The molecule has 28 heavy (non-hydrogen) atoms. The van der Waals surface area contributed by atoms with Gasteiger partial charge in [0.15, 0.2) is 0 Å². The van der Waals surface area contributed by atoms with Gasteiger partial charge in [-0.25, -0.2) is 4.98 Å². The van der Waals surface area contributed by atoms with E-state index in [1.165, 1.54) is 11.3 Å². The number of thiophene rings is 1. The number of aryl methyl sites for hydroxylation is 1. The molecular formula is C23H21N3OS. The normalized spacial score (nSPS) is 15.8. The van der Waals surface area contributed by atoms with E-state index in [0.29, 0.717) is 11.9 Å². The maximum Gasteiger partial charge on any atom is 0.226 e. The van der Waals surface area contributed by atoms with E-state index in [2.05, 4.69) is 42.3 Å². The summed E-state index contributed by atoms with van der Waals surface area (Å²) in [6, 6.07) is 14.6. The van der Waals surface area contributed by atoms with Gasteiger partial charge in [-0.15, -0.1) is 11.3 Å². The van der Waals surface area contributed by atoms with Gasteiger partial charge in [0.05, 0.1) is 5.69 Å². The number of nitriles is 1. The Labute approximate surface area is 169 Å². The molecule has 0 saturated carbocycles. The zero-order valence-corrected chi connectivity index (χ0v) is 16.7. The minimum absolute atomic E-state index is 0.406. The lowest BCUT2D eigenvalue weighted by molar-refractivity contribution is 0.335. The Morgan fingerprint density at radius 2 is 1.93 bits per heavy atom. The van der Waals surface area contributed by atoms with E-state index >= 15 is 0 Å². The molecule has 1 aliphatic rings. The van der Waals surface area contributed by atoms with Crippen LogP contribution in [0.4, 0.5) is 0 Å². The number of allylic oxidation sites excluding steroid dienone is 2. The summed E-state index contributed by atoms with van der Waals surface area (Å²) in [5.74, 6) is 1.53. The van der Waals surface area contributed by atoms with Crippen molar-refractivity contribution in [1.29, 1.82) is 5.26 Å². The summed E-state index contributed by atoms with van der Waals surface area (Å²) in [5.41, 5.74) is 3.06. The van der Waals surface area contributed by atoms with Gasteiger partial charge in [-0.3, -0.25) is 0 Å². The first-order valence-corrected chi connectivity index (χ1v) is 10.1. The lowest BCUT2D eigenvalue weighted by Gasteiger charge is -2.27. The summed E-state index contributed by atoms with van der Waals surface area (Å²) in [5, 5.41) is 8.99. The molecule has 0 radical (unpaired) electrons. The maximum atomic E-state index is 8.99. The molecule has 0 amide bonds. The van der Waals surface area contributed by atoms with E-state index in [-0.39, 0.29) is 0 Å². The second-order valence-electron chi connectivity index (χ2n) is 6.83. The van der Waals surface area contributed by atoms with Crippen LogP contribution in [0.25, 0.3) is 21.9 Å². The van der Waals surface area contributed by atoms with Crippen molar-refractivity contribution in [2.24, 2.45) is 0 Å². The molecule has 1 atom stereocenters. The second kappa shape index (κ2) is 7.87. The summed E-state index contributed by atoms with van der Waals surface area (Å²) in [7, 11) is 0. The van der Waals surface area contributed by atoms with Crippen LogP contribution >= 0.6 is 11.3 Å². The fraction of sp³-hybridized carbons (Fsp3) is 0.217. The highest BCUT2D eigenvalue weighted by Crippen LogP contribution is 2.30. The number of hydrogen-bond donors (Lipinski definition) is 0. The average Bonchev–Trinajstić information content (AvgIpc) is 3.34. The summed E-state index contributed by atoms with van der Waals surface area (Å²) in [6.45, 7) is 5.08. The second-order valence-corrected chi connectivity index (χ2v) is 7.91. The molecule has 140 valence electrons. The summed E-state index contributed by atoms with van der Waals surface area (Å²) >= 11 is 1.50. The van der Waals surface area contributed by atoms with Gasteiger partial charge in [-0.1, -0.05) is 24.3 Å². The Morgan fingerprint density at radius 3 is 2.64 bits per heavy atom. The van der Waals surface area contributed by atoms with Crippen molar-refractivity contribution >= 4 is 11.3 Å². The van der Waals surface area contributed by atoms with Gasteiger partial charge in [0.25, 0.3) is 0 Å². The van der Waals surface area contributed by atoms with Crippen molar-refractivity contribution < 1.29 is 4.42 Å². The first-order valence-electron chi connectivity index (χ1n) is 9.32. The van der Waals surface area contributed by atoms with Crippen molar-refractivity contribution in [1.82, 2.24) is 9.88 Å². The molecule has 0 N–H and O–H groups in total. The fourth-order valence-corrected chi connectivity index (χ4v) is 4.07. The molecule has 3 aromatic rings. The van der Waals surface area contributed by atoms with Crippen LogP contribution in [-0.4, -0.2) is 22.5 Å². The molecule has 0 spiro atoms. The van der Waals surface area contributed by atoms with E-state index in [1.807, 2.05) is 43.3 Å². The first kappa shape index (κ1) is 18.3. The van der Waals surface area contributed by atoms with Gasteiger partial charge in [0.2, 0.25) is 5.89 Å². The van der Waals surface area contributed by atoms with Crippen molar-refractivity contribution in [3.63, 3.8) is 0 Å². The number of oxazole rings is 1. The van der Waals surface area contributed by atoms with Gasteiger partial charge in [0, 0.05) is 29.4 Å². The van der Waals surface area contributed by atoms with E-state index in [0.717, 1.165) is 45.3 Å². The average molecular weight is 388 g/mol. The number of benzene rings is 1. The van der Waals surface area contributed by atoms with Gasteiger partial charge in [0.1, 0.15) is 16.7 Å². The highest BCUT2D eigenvalue weighted by Gasteiger charge is 2.15. The van der Waals surface area contributed by atoms with Crippen LogP contribution in [0, 0.1) is 18.3 Å². The Kier molecular flexibility index (Phi) is 5.14. The molecule has 0 bridgehead atoms. The zero-order chi connectivity index (χ0) is 19.5. The summed E-state index contributed by atoms with van der Waals surface area (Å²) in [6.07, 6.45) is 9.32. The molecule has 0 saturated heterocycles. The van der Waals surface area contributed by atoms with E-state index in [1.54, 1.807) is 0 Å². The van der Waals surface area contributed by atoms with E-state index < -0.39 is 0 Å². The predicted octanol–water partition coefficient (Wildman–Crippen LogP) is 5.57. The molecule has 4 rings (SSSR count). The van der Waals surface area contributed by atoms with Crippen molar-refractivity contribution in [2.75, 3.05) is 6.54 Å². The quantitative estimate of drug-likeness (QED) is 0.574. The minimum atomic E-state index is 0.406. The Morgan fingerprint density at radius 1 is 1.14 bits per heavy atom. The summed E-state index contributed by atoms with van der Waals surface area (Å²) < 4.78 is 5.93. The van der Waals surface area contributed by atoms with Crippen LogP contribution in [-0.2, 0) is 6.42 Å². The number of aromatic nitrogens is 1. The van der Waals surface area contributed by atoms with Gasteiger partial charge in [-0.2, -0.15) is 5.26 Å². The number of hydrogen-bond acceptors (Lipinski definition) is 5. The van der Waals surface area contributed by atoms with Gasteiger partial charge < -0.3 is 9.32 Å². The molecule has 0 aliphatic carbocycles. The Balaban J connectivity index is 1.47.